The summed E-state index contributed by atoms with van der Waals surface area (Å²) in [6.07, 6.45) is 0.882. The van der Waals surface area contributed by atoms with Gasteiger partial charge in [0.15, 0.2) is 5.69 Å². The number of rotatable bonds is 7. The number of nitrogens with zero attached hydrogens (tertiary/aromatic N) is 2. The van der Waals surface area contributed by atoms with Crippen LogP contribution in [0, 0.1) is 13.8 Å². The fraction of sp³-hybridized carbons (Fsp3) is 0.353. The van der Waals surface area contributed by atoms with Gasteiger partial charge in [0.05, 0.1) is 0 Å². The van der Waals surface area contributed by atoms with Crippen LogP contribution in [-0.2, 0) is 4.74 Å². The minimum Gasteiger partial charge on any atom is -0.385 e. The van der Waals surface area contributed by atoms with E-state index in [9.17, 15) is 4.79 Å². The van der Waals surface area contributed by atoms with Gasteiger partial charge in [0, 0.05) is 25.9 Å². The molecule has 122 valence electrons. The number of benzene rings is 1. The zero-order valence-electron chi connectivity index (χ0n) is 13.7. The van der Waals surface area contributed by atoms with E-state index in [2.05, 4.69) is 20.8 Å². The largest absolute Gasteiger partial charge is 0.385 e. The molecule has 0 aliphatic carbocycles. The Balaban J connectivity index is 1.94. The lowest BCUT2D eigenvalue weighted by Crippen LogP contribution is -2.16. The Labute approximate surface area is 136 Å². The molecule has 0 fully saturated rings. The van der Waals surface area contributed by atoms with Crippen molar-refractivity contribution >= 4 is 17.4 Å². The van der Waals surface area contributed by atoms with Gasteiger partial charge in [-0.2, -0.15) is 0 Å². The van der Waals surface area contributed by atoms with E-state index in [0.29, 0.717) is 12.4 Å². The molecule has 0 atom stereocenters. The fourth-order valence-corrected chi connectivity index (χ4v) is 2.12. The topological polar surface area (TPSA) is 76.1 Å². The Morgan fingerprint density at radius 2 is 2.00 bits per heavy atom. The molecule has 0 aliphatic rings. The zero-order chi connectivity index (χ0) is 16.7. The predicted molar refractivity (Wildman–Crippen MR) is 90.9 cm³/mol. The van der Waals surface area contributed by atoms with Crippen molar-refractivity contribution in [2.24, 2.45) is 0 Å². The van der Waals surface area contributed by atoms with Crippen LogP contribution >= 0.6 is 0 Å². The van der Waals surface area contributed by atoms with Crippen LogP contribution in [0.3, 0.4) is 0 Å². The number of aryl methyl sites for hydroxylation is 2. The van der Waals surface area contributed by atoms with Crippen LogP contribution in [0.15, 0.2) is 30.3 Å². The lowest BCUT2D eigenvalue weighted by molar-refractivity contribution is 0.102. The molecule has 2 aromatic rings. The number of hydrogen-bond donors (Lipinski definition) is 2. The molecular formula is C17H22N4O2. The van der Waals surface area contributed by atoms with E-state index in [1.54, 1.807) is 19.2 Å². The number of methoxy groups -OCH3 is 1. The summed E-state index contributed by atoms with van der Waals surface area (Å²) in [5, 5.41) is 14.0. The number of ether oxygens (including phenoxy) is 1. The number of amides is 1. The van der Waals surface area contributed by atoms with Crippen molar-refractivity contribution in [1.29, 1.82) is 0 Å². The molecule has 0 unspecified atom stereocenters. The zero-order valence-corrected chi connectivity index (χ0v) is 13.7. The molecule has 0 saturated carbocycles. The van der Waals surface area contributed by atoms with Crippen molar-refractivity contribution in [3.8, 4) is 0 Å². The number of nitrogens with one attached hydrogen (secondary N) is 2. The summed E-state index contributed by atoms with van der Waals surface area (Å²) < 4.78 is 4.97. The molecule has 2 N–H and O–H groups in total. The first-order chi connectivity index (χ1) is 11.1. The van der Waals surface area contributed by atoms with E-state index >= 15 is 0 Å². The lowest BCUT2D eigenvalue weighted by atomic mass is 10.1. The summed E-state index contributed by atoms with van der Waals surface area (Å²) in [6, 6.07) is 9.28. The van der Waals surface area contributed by atoms with Gasteiger partial charge in [0.2, 0.25) is 0 Å². The third kappa shape index (κ3) is 5.03. The Kier molecular flexibility index (Phi) is 6.05. The molecule has 1 heterocycles. The molecule has 2 rings (SSSR count). The first-order valence-corrected chi connectivity index (χ1v) is 7.55. The van der Waals surface area contributed by atoms with Gasteiger partial charge in [-0.1, -0.05) is 17.7 Å². The number of hydrogen-bond acceptors (Lipinski definition) is 5. The smallest absolute Gasteiger partial charge is 0.276 e. The number of aromatic nitrogens is 2. The highest BCUT2D eigenvalue weighted by Gasteiger charge is 2.10. The molecule has 0 radical (unpaired) electrons. The van der Waals surface area contributed by atoms with Gasteiger partial charge < -0.3 is 15.4 Å². The molecule has 0 saturated heterocycles. The second-order valence-electron chi connectivity index (χ2n) is 5.35. The summed E-state index contributed by atoms with van der Waals surface area (Å²) in [7, 11) is 1.67. The van der Waals surface area contributed by atoms with Crippen LogP contribution in [0.25, 0.3) is 0 Å². The van der Waals surface area contributed by atoms with Crippen LogP contribution in [0.5, 0.6) is 0 Å². The standard InChI is InChI=1S/C17H22N4O2/c1-12-5-6-14(13(2)11-12)19-17(22)15-7-8-16(21-20-15)18-9-4-10-23-3/h5-8,11H,4,9-10H2,1-3H3,(H,18,21)(H,19,22). The van der Waals surface area contributed by atoms with E-state index < -0.39 is 0 Å². The van der Waals surface area contributed by atoms with Gasteiger partial charge in [-0.15, -0.1) is 10.2 Å². The Hall–Kier alpha value is -2.47. The van der Waals surface area contributed by atoms with Gasteiger partial charge in [-0.05, 0) is 44.0 Å². The van der Waals surface area contributed by atoms with Crippen LogP contribution in [0.4, 0.5) is 11.5 Å². The van der Waals surface area contributed by atoms with Crippen molar-refractivity contribution < 1.29 is 9.53 Å². The molecule has 1 amide bonds. The summed E-state index contributed by atoms with van der Waals surface area (Å²) in [6.45, 7) is 5.41. The number of anilines is 2. The summed E-state index contributed by atoms with van der Waals surface area (Å²) in [4.78, 5) is 12.2. The van der Waals surface area contributed by atoms with E-state index in [0.717, 1.165) is 29.8 Å². The fourth-order valence-electron chi connectivity index (χ4n) is 2.12. The highest BCUT2D eigenvalue weighted by atomic mass is 16.5. The van der Waals surface area contributed by atoms with Crippen LogP contribution < -0.4 is 10.6 Å². The van der Waals surface area contributed by atoms with Crippen LogP contribution in [-0.4, -0.2) is 36.4 Å². The molecule has 0 bridgehead atoms. The second kappa shape index (κ2) is 8.24. The van der Waals surface area contributed by atoms with Gasteiger partial charge in [-0.25, -0.2) is 0 Å². The third-order valence-corrected chi connectivity index (χ3v) is 3.36. The average molecular weight is 314 g/mol. The molecule has 23 heavy (non-hydrogen) atoms. The van der Waals surface area contributed by atoms with Gasteiger partial charge in [0.25, 0.3) is 5.91 Å². The molecule has 0 aliphatic heterocycles. The summed E-state index contributed by atoms with van der Waals surface area (Å²) >= 11 is 0. The highest BCUT2D eigenvalue weighted by Crippen LogP contribution is 2.16. The van der Waals surface area contributed by atoms with Crippen molar-refractivity contribution in [3.05, 3.63) is 47.2 Å². The molecule has 0 spiro atoms. The Morgan fingerprint density at radius 1 is 1.17 bits per heavy atom. The van der Waals surface area contributed by atoms with Gasteiger partial charge in [0.1, 0.15) is 5.82 Å². The van der Waals surface area contributed by atoms with Gasteiger partial charge in [-0.3, -0.25) is 4.79 Å². The van der Waals surface area contributed by atoms with Crippen LogP contribution in [0.2, 0.25) is 0 Å². The van der Waals surface area contributed by atoms with Crippen molar-refractivity contribution in [1.82, 2.24) is 10.2 Å². The maximum absolute atomic E-state index is 12.2. The van der Waals surface area contributed by atoms with E-state index in [1.165, 1.54) is 0 Å². The molecule has 6 nitrogen and oxygen atoms in total. The minimum absolute atomic E-state index is 0.268. The van der Waals surface area contributed by atoms with Crippen molar-refractivity contribution in [2.45, 2.75) is 20.3 Å². The Bertz CT molecular complexity index is 656. The maximum Gasteiger partial charge on any atom is 0.276 e. The van der Waals surface area contributed by atoms with Crippen LogP contribution in [0.1, 0.15) is 28.0 Å². The first kappa shape index (κ1) is 16.9. The lowest BCUT2D eigenvalue weighted by Gasteiger charge is -2.09. The molecule has 6 heteroatoms. The number of carbonyl (C=O) groups excluding carboxylic acids is 1. The quantitative estimate of drug-likeness (QED) is 0.769. The Morgan fingerprint density at radius 3 is 2.65 bits per heavy atom. The van der Waals surface area contributed by atoms with Crippen molar-refractivity contribution in [2.75, 3.05) is 30.9 Å². The minimum atomic E-state index is -0.268. The maximum atomic E-state index is 12.2. The van der Waals surface area contributed by atoms with E-state index in [1.807, 2.05) is 32.0 Å². The third-order valence-electron chi connectivity index (χ3n) is 3.36. The van der Waals surface area contributed by atoms with E-state index in [-0.39, 0.29) is 11.6 Å². The monoisotopic (exact) mass is 314 g/mol. The van der Waals surface area contributed by atoms with E-state index in [4.69, 9.17) is 4.74 Å². The number of carbonyl (C=O) groups is 1. The molecule has 1 aromatic heterocycles. The summed E-state index contributed by atoms with van der Waals surface area (Å²) in [5.74, 6) is 0.375. The average Bonchev–Trinajstić information content (AvgIpc) is 2.55. The summed E-state index contributed by atoms with van der Waals surface area (Å²) in [5.41, 5.74) is 3.24. The van der Waals surface area contributed by atoms with Crippen molar-refractivity contribution in [3.63, 3.8) is 0 Å². The highest BCUT2D eigenvalue weighted by molar-refractivity contribution is 6.03. The first-order valence-electron chi connectivity index (χ1n) is 7.55. The normalized spacial score (nSPS) is 10.4. The molecular weight excluding hydrogens is 292 g/mol. The molecule has 1 aromatic carbocycles. The SMILES string of the molecule is COCCCNc1ccc(C(=O)Nc2ccc(C)cc2C)nn1. The predicted octanol–water partition coefficient (Wildman–Crippen LogP) is 2.79. The van der Waals surface area contributed by atoms with Gasteiger partial charge >= 0.3 is 0 Å². The second-order valence-corrected chi connectivity index (χ2v) is 5.35.